The molecule has 4 heteroatoms. The maximum atomic E-state index is 12.8. The predicted octanol–water partition coefficient (Wildman–Crippen LogP) is 2.05. The summed E-state index contributed by atoms with van der Waals surface area (Å²) in [5.41, 5.74) is 0. The Labute approximate surface area is 102 Å². The van der Waals surface area contributed by atoms with E-state index in [0.29, 0.717) is 0 Å². The lowest BCUT2D eigenvalue weighted by molar-refractivity contribution is 0.377. The quantitative estimate of drug-likeness (QED) is 0.868. The minimum Gasteiger partial charge on any atom is -0.357 e. The standard InChI is InChI=1S/C13H20FN3/c1-15-7-4-11-5-8-17(9-6-11)13-3-2-12(14)10-16-13/h2-3,10-11,15H,4-9H2,1H3. The number of nitrogens with zero attached hydrogens (tertiary/aromatic N) is 2. The summed E-state index contributed by atoms with van der Waals surface area (Å²) in [7, 11) is 2.00. The van der Waals surface area contributed by atoms with Crippen molar-refractivity contribution in [2.75, 3.05) is 31.6 Å². The minimum atomic E-state index is -0.266. The van der Waals surface area contributed by atoms with Gasteiger partial charge in [-0.3, -0.25) is 0 Å². The molecular weight excluding hydrogens is 217 g/mol. The number of nitrogens with one attached hydrogen (secondary N) is 1. The van der Waals surface area contributed by atoms with E-state index in [1.54, 1.807) is 6.07 Å². The van der Waals surface area contributed by atoms with Crippen LogP contribution in [-0.4, -0.2) is 31.7 Å². The van der Waals surface area contributed by atoms with Crippen LogP contribution in [0, 0.1) is 11.7 Å². The molecule has 1 fully saturated rings. The van der Waals surface area contributed by atoms with Gasteiger partial charge in [0.05, 0.1) is 6.20 Å². The van der Waals surface area contributed by atoms with Gasteiger partial charge in [0.15, 0.2) is 0 Å². The van der Waals surface area contributed by atoms with E-state index in [1.807, 2.05) is 7.05 Å². The summed E-state index contributed by atoms with van der Waals surface area (Å²) in [6.07, 6.45) is 4.96. The van der Waals surface area contributed by atoms with Crippen molar-refractivity contribution in [3.05, 3.63) is 24.1 Å². The number of pyridine rings is 1. The van der Waals surface area contributed by atoms with Crippen molar-refractivity contribution >= 4 is 5.82 Å². The Morgan fingerprint density at radius 1 is 1.41 bits per heavy atom. The SMILES string of the molecule is CNCCC1CCN(c2ccc(F)cn2)CC1. The van der Waals surface area contributed by atoms with Crippen LogP contribution in [0.1, 0.15) is 19.3 Å². The lowest BCUT2D eigenvalue weighted by Crippen LogP contribution is -2.35. The molecule has 0 aromatic carbocycles. The molecule has 1 N–H and O–H groups in total. The van der Waals surface area contributed by atoms with Crippen LogP contribution < -0.4 is 10.2 Å². The van der Waals surface area contributed by atoms with E-state index >= 15 is 0 Å². The van der Waals surface area contributed by atoms with Crippen molar-refractivity contribution in [1.82, 2.24) is 10.3 Å². The van der Waals surface area contributed by atoms with Gasteiger partial charge in [0.1, 0.15) is 11.6 Å². The number of hydrogen-bond acceptors (Lipinski definition) is 3. The first-order valence-corrected chi connectivity index (χ1v) is 6.30. The van der Waals surface area contributed by atoms with Gasteiger partial charge >= 0.3 is 0 Å². The van der Waals surface area contributed by atoms with Gasteiger partial charge in [-0.05, 0) is 50.9 Å². The number of aromatic nitrogens is 1. The third kappa shape index (κ3) is 3.40. The molecule has 0 saturated carbocycles. The summed E-state index contributed by atoms with van der Waals surface area (Å²) < 4.78 is 12.8. The van der Waals surface area contributed by atoms with Crippen molar-refractivity contribution in [1.29, 1.82) is 0 Å². The summed E-state index contributed by atoms with van der Waals surface area (Å²) >= 11 is 0. The highest BCUT2D eigenvalue weighted by Crippen LogP contribution is 2.23. The molecule has 1 saturated heterocycles. The van der Waals surface area contributed by atoms with E-state index < -0.39 is 0 Å². The average Bonchev–Trinajstić information content (AvgIpc) is 2.38. The first-order valence-electron chi connectivity index (χ1n) is 6.30. The van der Waals surface area contributed by atoms with Crippen LogP contribution in [0.4, 0.5) is 10.2 Å². The smallest absolute Gasteiger partial charge is 0.141 e. The molecule has 1 aromatic rings. The summed E-state index contributed by atoms with van der Waals surface area (Å²) in [6.45, 7) is 3.17. The first-order chi connectivity index (χ1) is 8.29. The van der Waals surface area contributed by atoms with E-state index in [0.717, 1.165) is 31.4 Å². The molecule has 94 valence electrons. The van der Waals surface area contributed by atoms with Crippen LogP contribution in [0.25, 0.3) is 0 Å². The van der Waals surface area contributed by atoms with Gasteiger partial charge in [-0.2, -0.15) is 0 Å². The monoisotopic (exact) mass is 237 g/mol. The number of hydrogen-bond donors (Lipinski definition) is 1. The van der Waals surface area contributed by atoms with Crippen molar-refractivity contribution < 1.29 is 4.39 Å². The summed E-state index contributed by atoms with van der Waals surface area (Å²) in [6, 6.07) is 3.25. The number of rotatable bonds is 4. The van der Waals surface area contributed by atoms with Crippen molar-refractivity contribution in [2.24, 2.45) is 5.92 Å². The molecule has 0 bridgehead atoms. The molecule has 0 radical (unpaired) electrons. The normalized spacial score (nSPS) is 17.4. The second kappa shape index (κ2) is 5.96. The summed E-state index contributed by atoms with van der Waals surface area (Å²) in [5.74, 6) is 1.45. The summed E-state index contributed by atoms with van der Waals surface area (Å²) in [5, 5.41) is 3.20. The van der Waals surface area contributed by atoms with Gasteiger partial charge in [0, 0.05) is 13.1 Å². The lowest BCUT2D eigenvalue weighted by Gasteiger charge is -2.32. The molecule has 2 heterocycles. The Balaban J connectivity index is 1.84. The topological polar surface area (TPSA) is 28.2 Å². The molecule has 0 spiro atoms. The number of halogens is 1. The zero-order valence-electron chi connectivity index (χ0n) is 10.3. The largest absolute Gasteiger partial charge is 0.357 e. The molecule has 1 aromatic heterocycles. The molecular formula is C13H20FN3. The second-order valence-electron chi connectivity index (χ2n) is 4.66. The highest BCUT2D eigenvalue weighted by molar-refractivity contribution is 5.38. The molecule has 1 aliphatic rings. The lowest BCUT2D eigenvalue weighted by atomic mass is 9.93. The van der Waals surface area contributed by atoms with Gasteiger partial charge in [-0.15, -0.1) is 0 Å². The first kappa shape index (κ1) is 12.3. The van der Waals surface area contributed by atoms with Gasteiger partial charge in [-0.1, -0.05) is 0 Å². The number of anilines is 1. The zero-order chi connectivity index (χ0) is 12.1. The number of piperidine rings is 1. The van der Waals surface area contributed by atoms with Crippen molar-refractivity contribution in [3.63, 3.8) is 0 Å². The Kier molecular flexibility index (Phi) is 4.31. The molecule has 17 heavy (non-hydrogen) atoms. The van der Waals surface area contributed by atoms with E-state index in [2.05, 4.69) is 15.2 Å². The van der Waals surface area contributed by atoms with Gasteiger partial charge in [0.2, 0.25) is 0 Å². The molecule has 0 unspecified atom stereocenters. The van der Waals surface area contributed by atoms with Crippen LogP contribution in [0.2, 0.25) is 0 Å². The Bertz CT molecular complexity index is 331. The van der Waals surface area contributed by atoms with Crippen molar-refractivity contribution in [2.45, 2.75) is 19.3 Å². The van der Waals surface area contributed by atoms with Crippen molar-refractivity contribution in [3.8, 4) is 0 Å². The fourth-order valence-electron chi connectivity index (χ4n) is 2.35. The molecule has 2 rings (SSSR count). The molecule has 1 aliphatic heterocycles. The molecule has 3 nitrogen and oxygen atoms in total. The maximum absolute atomic E-state index is 12.8. The average molecular weight is 237 g/mol. The van der Waals surface area contributed by atoms with Crippen LogP contribution in [-0.2, 0) is 0 Å². The fraction of sp³-hybridized carbons (Fsp3) is 0.615. The van der Waals surface area contributed by atoms with Crippen LogP contribution in [0.3, 0.4) is 0 Å². The van der Waals surface area contributed by atoms with Gasteiger partial charge in [0.25, 0.3) is 0 Å². The maximum Gasteiger partial charge on any atom is 0.141 e. The summed E-state index contributed by atoms with van der Waals surface area (Å²) in [4.78, 5) is 6.37. The Hall–Kier alpha value is -1.16. The van der Waals surface area contributed by atoms with Gasteiger partial charge in [-0.25, -0.2) is 9.37 Å². The van der Waals surface area contributed by atoms with Crippen LogP contribution in [0.15, 0.2) is 18.3 Å². The highest BCUT2D eigenvalue weighted by atomic mass is 19.1. The van der Waals surface area contributed by atoms with Crippen LogP contribution in [0.5, 0.6) is 0 Å². The van der Waals surface area contributed by atoms with Crippen LogP contribution >= 0.6 is 0 Å². The van der Waals surface area contributed by atoms with E-state index in [1.165, 1.54) is 31.5 Å². The Morgan fingerprint density at radius 2 is 2.18 bits per heavy atom. The third-order valence-corrected chi connectivity index (χ3v) is 3.45. The molecule has 0 atom stereocenters. The fourth-order valence-corrected chi connectivity index (χ4v) is 2.35. The van der Waals surface area contributed by atoms with E-state index in [-0.39, 0.29) is 5.82 Å². The zero-order valence-corrected chi connectivity index (χ0v) is 10.3. The predicted molar refractivity (Wildman–Crippen MR) is 67.7 cm³/mol. The molecule has 0 aliphatic carbocycles. The molecule has 0 amide bonds. The highest BCUT2D eigenvalue weighted by Gasteiger charge is 2.19. The van der Waals surface area contributed by atoms with E-state index in [4.69, 9.17) is 0 Å². The second-order valence-corrected chi connectivity index (χ2v) is 4.66. The van der Waals surface area contributed by atoms with Gasteiger partial charge < -0.3 is 10.2 Å². The Morgan fingerprint density at radius 3 is 2.76 bits per heavy atom. The van der Waals surface area contributed by atoms with E-state index in [9.17, 15) is 4.39 Å². The third-order valence-electron chi connectivity index (χ3n) is 3.45. The minimum absolute atomic E-state index is 0.266.